The normalized spacial score (nSPS) is 23.2. The highest BCUT2D eigenvalue weighted by atomic mass is 35.5. The fraction of sp³-hybridized carbons (Fsp3) is 0.500. The number of hydrogen-bond donors (Lipinski definition) is 0. The van der Waals surface area contributed by atoms with Crippen molar-refractivity contribution in [1.29, 1.82) is 0 Å². The standard InChI is InChI=1S/C18H20ClNO10/c1-9(21)26-8-17-15(27-10(2)22)7-16(28-11(3)23)18(30-17)29-14-5-4-12(20(24)25)6-13(14)19/h4-6,15-18H,7-8H2,1-3H3/t15-,16+,17+,18-/m0/s1. The summed E-state index contributed by atoms with van der Waals surface area (Å²) in [4.78, 5) is 44.4. The smallest absolute Gasteiger partial charge is 0.303 e. The molecule has 1 aromatic carbocycles. The molecule has 0 aliphatic carbocycles. The number of nitro groups is 1. The number of esters is 3. The van der Waals surface area contributed by atoms with Gasteiger partial charge in [-0.25, -0.2) is 0 Å². The third-order valence-corrected chi connectivity index (χ3v) is 4.24. The predicted octanol–water partition coefficient (Wildman–Crippen LogP) is 2.17. The molecule has 1 fully saturated rings. The van der Waals surface area contributed by atoms with E-state index >= 15 is 0 Å². The van der Waals surface area contributed by atoms with Crippen LogP contribution in [0, 0.1) is 10.1 Å². The number of rotatable bonds is 7. The molecule has 0 unspecified atom stereocenters. The van der Waals surface area contributed by atoms with E-state index in [2.05, 4.69) is 0 Å². The van der Waals surface area contributed by atoms with E-state index in [1.165, 1.54) is 32.9 Å². The van der Waals surface area contributed by atoms with Crippen molar-refractivity contribution in [1.82, 2.24) is 0 Å². The summed E-state index contributed by atoms with van der Waals surface area (Å²) in [5, 5.41) is 10.8. The van der Waals surface area contributed by atoms with Crippen molar-refractivity contribution in [3.8, 4) is 5.75 Å². The van der Waals surface area contributed by atoms with Gasteiger partial charge >= 0.3 is 17.9 Å². The van der Waals surface area contributed by atoms with Gasteiger partial charge < -0.3 is 23.7 Å². The third kappa shape index (κ3) is 6.56. The second kappa shape index (κ2) is 10.2. The monoisotopic (exact) mass is 445 g/mol. The molecule has 1 aliphatic rings. The Morgan fingerprint density at radius 2 is 1.77 bits per heavy atom. The molecule has 0 aromatic heterocycles. The van der Waals surface area contributed by atoms with Gasteiger partial charge in [0, 0.05) is 39.3 Å². The zero-order chi connectivity index (χ0) is 22.4. The van der Waals surface area contributed by atoms with E-state index in [-0.39, 0.29) is 29.5 Å². The molecular weight excluding hydrogens is 426 g/mol. The predicted molar refractivity (Wildman–Crippen MR) is 99.8 cm³/mol. The van der Waals surface area contributed by atoms with Gasteiger partial charge in [0.2, 0.25) is 6.29 Å². The Kier molecular flexibility index (Phi) is 7.95. The van der Waals surface area contributed by atoms with Gasteiger partial charge in [-0.05, 0) is 6.07 Å². The number of halogens is 1. The number of nitrogens with zero attached hydrogens (tertiary/aromatic N) is 1. The van der Waals surface area contributed by atoms with Gasteiger partial charge in [0.05, 0.1) is 9.95 Å². The van der Waals surface area contributed by atoms with Crippen LogP contribution < -0.4 is 4.74 Å². The summed E-state index contributed by atoms with van der Waals surface area (Å²) in [7, 11) is 0. The van der Waals surface area contributed by atoms with Gasteiger partial charge in [0.15, 0.2) is 6.10 Å². The van der Waals surface area contributed by atoms with Gasteiger partial charge in [-0.2, -0.15) is 0 Å². The average Bonchev–Trinajstić information content (AvgIpc) is 2.62. The molecule has 1 heterocycles. The number of ether oxygens (including phenoxy) is 5. The Bertz CT molecular complexity index is 829. The van der Waals surface area contributed by atoms with Crippen LogP contribution in [-0.2, 0) is 33.3 Å². The molecule has 1 aliphatic heterocycles. The lowest BCUT2D eigenvalue weighted by Gasteiger charge is -2.39. The molecule has 1 saturated heterocycles. The van der Waals surface area contributed by atoms with Crippen molar-refractivity contribution in [3.05, 3.63) is 33.3 Å². The van der Waals surface area contributed by atoms with Crippen molar-refractivity contribution in [2.24, 2.45) is 0 Å². The van der Waals surface area contributed by atoms with E-state index in [1.807, 2.05) is 0 Å². The SMILES string of the molecule is CC(=O)OC[C@H]1O[C@H](Oc2ccc([N+](=O)[O-])cc2Cl)[C@H](OC(C)=O)C[C@@H]1OC(C)=O. The van der Waals surface area contributed by atoms with Crippen LogP contribution in [0.25, 0.3) is 0 Å². The van der Waals surface area contributed by atoms with E-state index in [0.29, 0.717) is 0 Å². The van der Waals surface area contributed by atoms with E-state index in [4.69, 9.17) is 35.3 Å². The minimum atomic E-state index is -1.21. The van der Waals surface area contributed by atoms with Crippen molar-refractivity contribution < 1.29 is 43.0 Å². The molecule has 0 bridgehead atoms. The van der Waals surface area contributed by atoms with Crippen LogP contribution in [0.1, 0.15) is 27.2 Å². The summed E-state index contributed by atoms with van der Waals surface area (Å²) >= 11 is 6.05. The Balaban J connectivity index is 2.26. The Morgan fingerprint density at radius 1 is 1.13 bits per heavy atom. The quantitative estimate of drug-likeness (QED) is 0.265. The molecule has 0 N–H and O–H groups in total. The first kappa shape index (κ1) is 23.4. The van der Waals surface area contributed by atoms with Crippen molar-refractivity contribution in [2.45, 2.75) is 51.8 Å². The van der Waals surface area contributed by atoms with Crippen molar-refractivity contribution in [2.75, 3.05) is 6.61 Å². The van der Waals surface area contributed by atoms with E-state index in [1.54, 1.807) is 0 Å². The first-order chi connectivity index (χ1) is 14.1. The maximum Gasteiger partial charge on any atom is 0.303 e. The topological polar surface area (TPSA) is 141 Å². The van der Waals surface area contributed by atoms with Gasteiger partial charge in [0.1, 0.15) is 24.6 Å². The van der Waals surface area contributed by atoms with Gasteiger partial charge in [-0.15, -0.1) is 0 Å². The maximum absolute atomic E-state index is 11.5. The summed E-state index contributed by atoms with van der Waals surface area (Å²) in [6.07, 6.45) is -3.99. The third-order valence-electron chi connectivity index (χ3n) is 3.95. The highest BCUT2D eigenvalue weighted by Crippen LogP contribution is 2.33. The highest BCUT2D eigenvalue weighted by molar-refractivity contribution is 6.32. The summed E-state index contributed by atoms with van der Waals surface area (Å²) in [6, 6.07) is 3.55. The van der Waals surface area contributed by atoms with Crippen LogP contribution in [0.4, 0.5) is 5.69 Å². The van der Waals surface area contributed by atoms with Crippen molar-refractivity contribution in [3.63, 3.8) is 0 Å². The summed E-state index contributed by atoms with van der Waals surface area (Å²) in [6.45, 7) is 3.34. The average molecular weight is 446 g/mol. The number of non-ortho nitro benzene ring substituents is 1. The first-order valence-electron chi connectivity index (χ1n) is 8.80. The Hall–Kier alpha value is -2.92. The zero-order valence-electron chi connectivity index (χ0n) is 16.4. The number of benzene rings is 1. The lowest BCUT2D eigenvalue weighted by molar-refractivity contribution is -0.384. The minimum absolute atomic E-state index is 0.000356. The number of hydrogen-bond acceptors (Lipinski definition) is 10. The molecule has 0 amide bonds. The van der Waals surface area contributed by atoms with E-state index < -0.39 is 47.4 Å². The lowest BCUT2D eigenvalue weighted by atomic mass is 10.0. The van der Waals surface area contributed by atoms with Crippen LogP contribution in [0.2, 0.25) is 5.02 Å². The molecule has 2 rings (SSSR count). The highest BCUT2D eigenvalue weighted by Gasteiger charge is 2.43. The Morgan fingerprint density at radius 3 is 2.30 bits per heavy atom. The number of carbonyl (C=O) groups is 3. The summed E-state index contributed by atoms with van der Waals surface area (Å²) in [5.74, 6) is -1.76. The molecule has 0 saturated carbocycles. The maximum atomic E-state index is 11.5. The van der Waals surface area contributed by atoms with Gasteiger partial charge in [-0.1, -0.05) is 11.6 Å². The van der Waals surface area contributed by atoms with Crippen LogP contribution in [0.5, 0.6) is 5.75 Å². The van der Waals surface area contributed by atoms with E-state index in [9.17, 15) is 24.5 Å². The van der Waals surface area contributed by atoms with Crippen LogP contribution >= 0.6 is 11.6 Å². The molecule has 1 aromatic rings. The fourth-order valence-electron chi connectivity index (χ4n) is 2.77. The summed E-state index contributed by atoms with van der Waals surface area (Å²) in [5.41, 5.74) is -0.240. The summed E-state index contributed by atoms with van der Waals surface area (Å²) < 4.78 is 26.8. The first-order valence-corrected chi connectivity index (χ1v) is 9.18. The largest absolute Gasteiger partial charge is 0.463 e. The molecule has 30 heavy (non-hydrogen) atoms. The van der Waals surface area contributed by atoms with E-state index in [0.717, 1.165) is 6.07 Å². The van der Waals surface area contributed by atoms with Crippen LogP contribution in [0.15, 0.2) is 18.2 Å². The zero-order valence-corrected chi connectivity index (χ0v) is 17.1. The molecule has 164 valence electrons. The molecule has 11 nitrogen and oxygen atoms in total. The minimum Gasteiger partial charge on any atom is -0.463 e. The second-order valence-corrected chi connectivity index (χ2v) is 6.77. The molecule has 12 heteroatoms. The fourth-order valence-corrected chi connectivity index (χ4v) is 2.99. The van der Waals surface area contributed by atoms with Gasteiger partial charge in [-0.3, -0.25) is 24.5 Å². The number of carbonyl (C=O) groups excluding carboxylic acids is 3. The molecular formula is C18H20ClNO10. The molecule has 4 atom stereocenters. The van der Waals surface area contributed by atoms with Gasteiger partial charge in [0.25, 0.3) is 5.69 Å². The second-order valence-electron chi connectivity index (χ2n) is 6.37. The lowest BCUT2D eigenvalue weighted by Crippen LogP contribution is -2.54. The number of nitro benzene ring substituents is 1. The van der Waals surface area contributed by atoms with Crippen LogP contribution in [0.3, 0.4) is 0 Å². The van der Waals surface area contributed by atoms with Crippen molar-refractivity contribution >= 4 is 35.2 Å². The molecule has 0 radical (unpaired) electrons. The molecule has 0 spiro atoms. The van der Waals surface area contributed by atoms with Crippen LogP contribution in [-0.4, -0.2) is 54.0 Å². The Labute approximate surface area is 176 Å².